The Morgan fingerprint density at radius 2 is 2.04 bits per heavy atom. The van der Waals surface area contributed by atoms with Crippen molar-refractivity contribution >= 4 is 40.0 Å². The first kappa shape index (κ1) is 33.2. The second-order valence-corrected chi connectivity index (χ2v) is 14.6. The summed E-state index contributed by atoms with van der Waals surface area (Å²) >= 11 is 1.43. The number of likely N-dealkylation sites (tertiary alicyclic amines) is 1. The molecule has 0 radical (unpaired) electrons. The van der Waals surface area contributed by atoms with Crippen molar-refractivity contribution in [3.63, 3.8) is 0 Å². The van der Waals surface area contributed by atoms with Crippen molar-refractivity contribution in [2.24, 2.45) is 5.73 Å². The van der Waals surface area contributed by atoms with Crippen molar-refractivity contribution in [2.45, 2.75) is 101 Å². The highest BCUT2D eigenvalue weighted by Crippen LogP contribution is 2.46. The van der Waals surface area contributed by atoms with Gasteiger partial charge in [0.25, 0.3) is 0 Å². The third-order valence-corrected chi connectivity index (χ3v) is 11.4. The third kappa shape index (κ3) is 6.19. The molecule has 13 heteroatoms. The summed E-state index contributed by atoms with van der Waals surface area (Å²) < 4.78 is 12.6. The van der Waals surface area contributed by atoms with Crippen molar-refractivity contribution < 1.29 is 19.1 Å². The Labute approximate surface area is 280 Å². The smallest absolute Gasteiger partial charge is 0.243 e. The number of nitrogens with two attached hydrogens (primary N) is 2. The molecule has 1 amide bonds. The quantitative estimate of drug-likeness (QED) is 0.191. The summed E-state index contributed by atoms with van der Waals surface area (Å²) in [6, 6.07) is 2.28. The molecule has 2 aromatic rings. The number of nitriles is 1. The molecule has 2 unspecified atom stereocenters. The zero-order chi connectivity index (χ0) is 33.4. The number of amides is 1. The van der Waals surface area contributed by atoms with Gasteiger partial charge in [0.05, 0.1) is 23.8 Å². The van der Waals surface area contributed by atoms with E-state index < -0.39 is 5.78 Å². The number of Topliss-reactive ketones (excluding diaryl/α,β-unsaturated/α-hetero) is 1. The highest BCUT2D eigenvalue weighted by atomic mass is 32.1. The van der Waals surface area contributed by atoms with Crippen LogP contribution in [0.15, 0.2) is 11.3 Å². The van der Waals surface area contributed by atoms with Gasteiger partial charge in [0.2, 0.25) is 23.9 Å². The molecule has 4 N–H and O–H groups in total. The molecule has 0 aromatic carbocycles. The summed E-state index contributed by atoms with van der Waals surface area (Å²) in [6.45, 7) is 3.38. The van der Waals surface area contributed by atoms with Gasteiger partial charge in [0.15, 0.2) is 5.82 Å². The monoisotopic (exact) mass is 662 g/mol. The number of hydrogen-bond donors (Lipinski definition) is 2. The van der Waals surface area contributed by atoms with E-state index in [2.05, 4.69) is 18.0 Å². The van der Waals surface area contributed by atoms with Crippen LogP contribution in [-0.2, 0) is 16.0 Å². The molecular weight excluding hydrogens is 616 g/mol. The number of rotatable bonds is 12. The van der Waals surface area contributed by atoms with Crippen LogP contribution in [0, 0.1) is 11.3 Å². The number of allylic oxidation sites excluding steroid dienone is 2. The van der Waals surface area contributed by atoms with E-state index in [9.17, 15) is 14.9 Å². The predicted octanol–water partition coefficient (Wildman–Crippen LogP) is 4.13. The van der Waals surface area contributed by atoms with Gasteiger partial charge in [-0.25, -0.2) is 4.98 Å². The van der Waals surface area contributed by atoms with Gasteiger partial charge in [0.1, 0.15) is 23.4 Å². The van der Waals surface area contributed by atoms with Crippen molar-refractivity contribution in [1.82, 2.24) is 14.9 Å². The molecule has 47 heavy (non-hydrogen) atoms. The molecule has 5 heterocycles. The molecule has 2 aromatic heterocycles. The maximum atomic E-state index is 14.6. The van der Waals surface area contributed by atoms with Crippen LogP contribution < -0.4 is 26.0 Å². The number of anilines is 3. The lowest BCUT2D eigenvalue weighted by Gasteiger charge is -2.32. The van der Waals surface area contributed by atoms with Crippen LogP contribution in [0.25, 0.3) is 0 Å². The fourth-order valence-corrected chi connectivity index (χ4v) is 8.96. The molecule has 3 fully saturated rings. The second-order valence-electron chi connectivity index (χ2n) is 13.4. The van der Waals surface area contributed by atoms with E-state index in [0.29, 0.717) is 65.6 Å². The fraction of sp³-hybridized carbons (Fsp3) is 0.618. The molecular formula is C34H46N8O4S. The number of carbonyl (C=O) groups is 2. The van der Waals surface area contributed by atoms with E-state index in [1.165, 1.54) is 11.3 Å². The SMILES string of the molecule is CCC/C(C(=O)c1nc(OC[C@@H]2CCCN2C)c(N(C)C)c(N(C=O)[C@H]2CC3CCC2O3)n1)=C(/N)[C@H]1CCCc2sc(N)c(C#N)c21. The summed E-state index contributed by atoms with van der Waals surface area (Å²) in [5.41, 5.74) is 15.9. The van der Waals surface area contributed by atoms with E-state index in [4.69, 9.17) is 30.9 Å². The second kappa shape index (κ2) is 13.8. The molecule has 1 aliphatic carbocycles. The molecule has 0 saturated carbocycles. The van der Waals surface area contributed by atoms with E-state index in [1.54, 1.807) is 4.90 Å². The first-order valence-electron chi connectivity index (χ1n) is 16.8. The molecule has 12 nitrogen and oxygen atoms in total. The third-order valence-electron chi connectivity index (χ3n) is 10.3. The first-order valence-corrected chi connectivity index (χ1v) is 17.6. The molecule has 3 aliphatic heterocycles. The van der Waals surface area contributed by atoms with Crippen molar-refractivity contribution in [2.75, 3.05) is 49.8 Å². The average Bonchev–Trinajstić information content (AvgIpc) is 3.86. The highest BCUT2D eigenvalue weighted by Gasteiger charge is 2.45. The number of fused-ring (bicyclic) bond motifs is 3. The minimum Gasteiger partial charge on any atom is -0.474 e. The predicted molar refractivity (Wildman–Crippen MR) is 182 cm³/mol. The van der Waals surface area contributed by atoms with Crippen LogP contribution in [0.1, 0.15) is 97.3 Å². The van der Waals surface area contributed by atoms with Crippen molar-refractivity contribution in [3.05, 3.63) is 33.1 Å². The molecule has 0 spiro atoms. The van der Waals surface area contributed by atoms with Gasteiger partial charge in [-0.1, -0.05) is 13.3 Å². The van der Waals surface area contributed by atoms with E-state index in [0.717, 1.165) is 61.9 Å². The number of ether oxygens (including phenoxy) is 2. The number of aromatic nitrogens is 2. The molecule has 4 aliphatic rings. The number of ketones is 1. The van der Waals surface area contributed by atoms with Crippen LogP contribution >= 0.6 is 11.3 Å². The minimum absolute atomic E-state index is 0.0657. The Balaban J connectivity index is 1.46. The standard InChI is InChI=1S/C34H46N8O4S/c1-5-8-22(28(36)21-10-6-11-26-27(21)23(16-35)31(37)47-26)30(44)32-38-33(42(18-43)24-15-20-12-13-25(24)46-20)29(40(2)3)34(39-32)45-17-19-9-7-14-41(19)4/h18-21,24-25H,5-15,17,36-37H2,1-4H3/b28-22-/t19-,20?,21-,24-,25?/m0/s1. The highest BCUT2D eigenvalue weighted by molar-refractivity contribution is 7.16. The number of aryl methyl sites for hydroxylation is 1. The van der Waals surface area contributed by atoms with Crippen LogP contribution in [0.3, 0.4) is 0 Å². The Kier molecular flexibility index (Phi) is 9.73. The van der Waals surface area contributed by atoms with E-state index in [-0.39, 0.29) is 41.9 Å². The number of nitrogens with zero attached hydrogens (tertiary/aromatic N) is 6. The van der Waals surface area contributed by atoms with E-state index in [1.807, 2.05) is 25.9 Å². The normalized spacial score (nSPS) is 25.6. The molecule has 5 atom stereocenters. The minimum atomic E-state index is -0.400. The number of carbonyl (C=O) groups excluding carboxylic acids is 2. The van der Waals surface area contributed by atoms with Gasteiger partial charge in [-0.2, -0.15) is 10.2 Å². The number of nitrogen functional groups attached to an aromatic ring is 1. The summed E-state index contributed by atoms with van der Waals surface area (Å²) in [4.78, 5) is 43.8. The molecule has 6 rings (SSSR count). The van der Waals surface area contributed by atoms with Crippen LogP contribution in [-0.4, -0.2) is 85.6 Å². The Morgan fingerprint density at radius 1 is 1.23 bits per heavy atom. The van der Waals surface area contributed by atoms with Crippen molar-refractivity contribution in [1.29, 1.82) is 5.26 Å². The maximum Gasteiger partial charge on any atom is 0.243 e. The summed E-state index contributed by atoms with van der Waals surface area (Å²) in [5, 5.41) is 10.4. The number of hydrogen-bond acceptors (Lipinski definition) is 12. The molecule has 3 saturated heterocycles. The number of thiophene rings is 1. The van der Waals surface area contributed by atoms with E-state index >= 15 is 0 Å². The molecule has 2 bridgehead atoms. The van der Waals surface area contributed by atoms with Crippen LogP contribution in [0.2, 0.25) is 0 Å². The maximum absolute atomic E-state index is 14.6. The summed E-state index contributed by atoms with van der Waals surface area (Å²) in [6.07, 6.45) is 8.93. The Hall–Kier alpha value is -3.73. The Morgan fingerprint density at radius 3 is 2.66 bits per heavy atom. The summed E-state index contributed by atoms with van der Waals surface area (Å²) in [5.74, 6) is -0.191. The van der Waals surface area contributed by atoms with Gasteiger partial charge < -0.3 is 30.7 Å². The van der Waals surface area contributed by atoms with Crippen LogP contribution in [0.4, 0.5) is 16.5 Å². The number of likely N-dealkylation sites (N-methyl/N-ethyl adjacent to an activating group) is 1. The lowest BCUT2D eigenvalue weighted by Crippen LogP contribution is -2.42. The zero-order valence-electron chi connectivity index (χ0n) is 27.8. The van der Waals surface area contributed by atoms with Gasteiger partial charge in [-0.3, -0.25) is 14.5 Å². The van der Waals surface area contributed by atoms with Gasteiger partial charge >= 0.3 is 0 Å². The summed E-state index contributed by atoms with van der Waals surface area (Å²) in [7, 11) is 5.80. The van der Waals surface area contributed by atoms with Crippen LogP contribution in [0.5, 0.6) is 5.88 Å². The average molecular weight is 663 g/mol. The molecule has 252 valence electrons. The van der Waals surface area contributed by atoms with Gasteiger partial charge in [-0.15, -0.1) is 11.3 Å². The topological polar surface area (TPSA) is 164 Å². The first-order chi connectivity index (χ1) is 22.7. The fourth-order valence-electron chi connectivity index (χ4n) is 7.84. The van der Waals surface area contributed by atoms with Crippen molar-refractivity contribution in [3.8, 4) is 11.9 Å². The Bertz CT molecular complexity index is 1600. The largest absolute Gasteiger partial charge is 0.474 e. The van der Waals surface area contributed by atoms with Gasteiger partial charge in [-0.05, 0) is 76.9 Å². The lowest BCUT2D eigenvalue weighted by molar-refractivity contribution is -0.108. The van der Waals surface area contributed by atoms with Gasteiger partial charge in [0, 0.05) is 42.2 Å². The zero-order valence-corrected chi connectivity index (χ0v) is 28.6. The lowest BCUT2D eigenvalue weighted by atomic mass is 9.80.